The van der Waals surface area contributed by atoms with Crippen molar-refractivity contribution in [3.8, 4) is 11.5 Å². The Hall–Kier alpha value is -3.56. The number of fused-ring (bicyclic) bond motifs is 1. The first-order valence-corrected chi connectivity index (χ1v) is 11.5. The van der Waals surface area contributed by atoms with Crippen molar-refractivity contribution in [1.29, 1.82) is 0 Å². The van der Waals surface area contributed by atoms with E-state index in [9.17, 15) is 23.2 Å². The molecule has 3 atom stereocenters. The third-order valence-corrected chi connectivity index (χ3v) is 6.18. The quantitative estimate of drug-likeness (QED) is 0.414. The molecule has 35 heavy (non-hydrogen) atoms. The fourth-order valence-electron chi connectivity index (χ4n) is 4.38. The number of amides is 2. The van der Waals surface area contributed by atoms with Crippen molar-refractivity contribution in [1.82, 2.24) is 9.88 Å². The SMILES string of the molecule is CCOC(=O)[C@@H]1[C@@H](Cc2ccnc(CC)c2)C(=O)N1C(=O)C[C@H](C)c1ccc2c(c1)OC(F)(F)O2. The normalized spacial score (nSPS) is 20.8. The fourth-order valence-corrected chi connectivity index (χ4v) is 4.38. The lowest BCUT2D eigenvalue weighted by Gasteiger charge is -2.44. The van der Waals surface area contributed by atoms with E-state index in [4.69, 9.17) is 4.74 Å². The minimum Gasteiger partial charge on any atom is -0.464 e. The molecule has 0 spiro atoms. The number of halogens is 2. The number of β-lactam (4-membered cyclic amide) rings is 1. The van der Waals surface area contributed by atoms with Gasteiger partial charge in [-0.2, -0.15) is 0 Å². The number of alkyl halides is 2. The van der Waals surface area contributed by atoms with Gasteiger partial charge in [0.1, 0.15) is 6.04 Å². The molecule has 0 saturated carbocycles. The van der Waals surface area contributed by atoms with Crippen LogP contribution in [0.25, 0.3) is 0 Å². The third kappa shape index (κ3) is 4.96. The second-order valence-corrected chi connectivity index (χ2v) is 8.60. The predicted molar refractivity (Wildman–Crippen MR) is 119 cm³/mol. The number of carbonyl (C=O) groups excluding carboxylic acids is 3. The van der Waals surface area contributed by atoms with Gasteiger partial charge in [0, 0.05) is 18.3 Å². The highest BCUT2D eigenvalue weighted by Crippen LogP contribution is 2.43. The van der Waals surface area contributed by atoms with E-state index in [0.29, 0.717) is 5.56 Å². The van der Waals surface area contributed by atoms with Crippen LogP contribution in [0, 0.1) is 5.92 Å². The van der Waals surface area contributed by atoms with Gasteiger partial charge in [-0.05, 0) is 61.1 Å². The minimum atomic E-state index is -3.74. The molecule has 10 heteroatoms. The van der Waals surface area contributed by atoms with Gasteiger partial charge in [-0.3, -0.25) is 19.5 Å². The number of esters is 1. The number of hydrogen-bond acceptors (Lipinski definition) is 7. The topological polar surface area (TPSA) is 95.0 Å². The van der Waals surface area contributed by atoms with E-state index >= 15 is 0 Å². The zero-order valence-corrected chi connectivity index (χ0v) is 19.6. The highest BCUT2D eigenvalue weighted by Gasteiger charge is 2.55. The summed E-state index contributed by atoms with van der Waals surface area (Å²) in [5.74, 6) is -2.99. The van der Waals surface area contributed by atoms with E-state index in [-0.39, 0.29) is 30.9 Å². The highest BCUT2D eigenvalue weighted by molar-refractivity contribution is 6.08. The second kappa shape index (κ2) is 9.59. The Morgan fingerprint density at radius 2 is 1.91 bits per heavy atom. The Balaban J connectivity index is 1.48. The van der Waals surface area contributed by atoms with Crippen LogP contribution >= 0.6 is 0 Å². The summed E-state index contributed by atoms with van der Waals surface area (Å²) in [6.45, 7) is 5.46. The van der Waals surface area contributed by atoms with E-state index in [1.807, 2.05) is 13.0 Å². The Bertz CT molecular complexity index is 1150. The Morgan fingerprint density at radius 3 is 2.63 bits per heavy atom. The molecule has 1 fully saturated rings. The standard InChI is InChI=1S/C25H26F2N2O6/c1-4-17-11-15(8-9-28-17)12-18-22(24(32)33-5-2)29(23(18)31)21(30)10-14(3)16-6-7-19-20(13-16)35-25(26,27)34-19/h6-9,11,13-14,18,22H,4-5,10,12H2,1-3H3/t14-,18+,22-/m0/s1. The molecule has 0 radical (unpaired) electrons. The van der Waals surface area contributed by atoms with Gasteiger partial charge in [-0.25, -0.2) is 4.79 Å². The third-order valence-electron chi connectivity index (χ3n) is 6.18. The molecule has 0 N–H and O–H groups in total. The van der Waals surface area contributed by atoms with E-state index in [0.717, 1.165) is 22.6 Å². The van der Waals surface area contributed by atoms with Crippen LogP contribution in [0.2, 0.25) is 0 Å². The maximum absolute atomic E-state index is 13.3. The summed E-state index contributed by atoms with van der Waals surface area (Å²) in [4.78, 5) is 44.0. The van der Waals surface area contributed by atoms with Crippen molar-refractivity contribution >= 4 is 17.8 Å². The maximum Gasteiger partial charge on any atom is 0.586 e. The van der Waals surface area contributed by atoms with E-state index in [1.54, 1.807) is 32.2 Å². The van der Waals surface area contributed by atoms with Crippen molar-refractivity contribution in [2.24, 2.45) is 5.92 Å². The molecule has 2 aliphatic rings. The van der Waals surface area contributed by atoms with Gasteiger partial charge < -0.3 is 14.2 Å². The summed E-state index contributed by atoms with van der Waals surface area (Å²) in [5, 5.41) is 0. The largest absolute Gasteiger partial charge is 0.586 e. The summed E-state index contributed by atoms with van der Waals surface area (Å²) in [6.07, 6.45) is -1.18. The van der Waals surface area contributed by atoms with Gasteiger partial charge in [0.2, 0.25) is 11.8 Å². The molecule has 2 amide bonds. The summed E-state index contributed by atoms with van der Waals surface area (Å²) in [5.41, 5.74) is 2.27. The van der Waals surface area contributed by atoms with Crippen LogP contribution in [0.3, 0.4) is 0 Å². The number of aryl methyl sites for hydroxylation is 1. The number of ether oxygens (including phenoxy) is 3. The Morgan fingerprint density at radius 1 is 1.17 bits per heavy atom. The average Bonchev–Trinajstić information content (AvgIpc) is 3.13. The molecule has 1 aromatic carbocycles. The van der Waals surface area contributed by atoms with Gasteiger partial charge in [-0.15, -0.1) is 8.78 Å². The molecular weight excluding hydrogens is 462 g/mol. The lowest BCUT2D eigenvalue weighted by atomic mass is 9.81. The average molecular weight is 488 g/mol. The van der Waals surface area contributed by atoms with Crippen LogP contribution in [0.1, 0.15) is 49.9 Å². The summed E-state index contributed by atoms with van der Waals surface area (Å²) in [6, 6.07) is 6.93. The molecule has 186 valence electrons. The van der Waals surface area contributed by atoms with Crippen molar-refractivity contribution in [3.63, 3.8) is 0 Å². The lowest BCUT2D eigenvalue weighted by molar-refractivity contribution is -0.286. The molecular formula is C25H26F2N2O6. The zero-order chi connectivity index (χ0) is 25.3. The predicted octanol–water partition coefficient (Wildman–Crippen LogP) is 3.62. The molecule has 0 unspecified atom stereocenters. The number of nitrogens with zero attached hydrogens (tertiary/aromatic N) is 2. The van der Waals surface area contributed by atoms with Crippen LogP contribution in [0.4, 0.5) is 8.78 Å². The highest BCUT2D eigenvalue weighted by atomic mass is 19.3. The first kappa shape index (κ1) is 24.6. The summed E-state index contributed by atoms with van der Waals surface area (Å²) in [7, 11) is 0. The van der Waals surface area contributed by atoms with Crippen LogP contribution < -0.4 is 9.47 Å². The van der Waals surface area contributed by atoms with Crippen LogP contribution in [-0.4, -0.2) is 46.6 Å². The first-order valence-electron chi connectivity index (χ1n) is 11.5. The van der Waals surface area contributed by atoms with Gasteiger partial charge in [0.25, 0.3) is 0 Å². The molecule has 4 rings (SSSR count). The molecule has 0 bridgehead atoms. The number of benzene rings is 1. The zero-order valence-electron chi connectivity index (χ0n) is 19.6. The molecule has 2 aliphatic heterocycles. The summed E-state index contributed by atoms with van der Waals surface area (Å²) >= 11 is 0. The lowest BCUT2D eigenvalue weighted by Crippen LogP contribution is -2.67. The van der Waals surface area contributed by atoms with Gasteiger partial charge in [-0.1, -0.05) is 19.9 Å². The fraction of sp³-hybridized carbons (Fsp3) is 0.440. The van der Waals surface area contributed by atoms with Crippen molar-refractivity contribution < 1.29 is 37.4 Å². The monoisotopic (exact) mass is 488 g/mol. The number of aromatic nitrogens is 1. The second-order valence-electron chi connectivity index (χ2n) is 8.60. The molecule has 0 aliphatic carbocycles. The number of rotatable bonds is 8. The van der Waals surface area contributed by atoms with Gasteiger partial charge in [0.05, 0.1) is 12.5 Å². The molecule has 3 heterocycles. The van der Waals surface area contributed by atoms with E-state index < -0.39 is 42.0 Å². The van der Waals surface area contributed by atoms with Crippen LogP contribution in [-0.2, 0) is 32.0 Å². The van der Waals surface area contributed by atoms with Crippen molar-refractivity contribution in [2.75, 3.05) is 6.61 Å². The molecule has 1 aromatic heterocycles. The minimum absolute atomic E-state index is 0.0947. The van der Waals surface area contributed by atoms with Crippen LogP contribution in [0.5, 0.6) is 11.5 Å². The van der Waals surface area contributed by atoms with E-state index in [2.05, 4.69) is 14.5 Å². The molecule has 1 saturated heterocycles. The number of hydrogen-bond donors (Lipinski definition) is 0. The van der Waals surface area contributed by atoms with Crippen molar-refractivity contribution in [2.45, 2.75) is 58.3 Å². The number of imide groups is 1. The molecule has 2 aromatic rings. The number of carbonyl (C=O) groups is 3. The Kier molecular flexibility index (Phi) is 6.73. The first-order chi connectivity index (χ1) is 16.6. The van der Waals surface area contributed by atoms with Gasteiger partial charge >= 0.3 is 12.3 Å². The van der Waals surface area contributed by atoms with E-state index in [1.165, 1.54) is 12.1 Å². The molecule has 8 nitrogen and oxygen atoms in total. The van der Waals surface area contributed by atoms with Gasteiger partial charge in [0.15, 0.2) is 11.5 Å². The maximum atomic E-state index is 13.3. The number of likely N-dealkylation sites (tertiary alicyclic amines) is 1. The smallest absolute Gasteiger partial charge is 0.464 e. The Labute approximate surface area is 201 Å². The number of pyridine rings is 1. The van der Waals surface area contributed by atoms with Crippen LogP contribution in [0.15, 0.2) is 36.5 Å². The summed E-state index contributed by atoms with van der Waals surface area (Å²) < 4.78 is 40.6. The van der Waals surface area contributed by atoms with Crippen molar-refractivity contribution in [3.05, 3.63) is 53.3 Å².